The largest absolute Gasteiger partial charge is 0.463 e. The number of carbonyl (C=O) groups excluding carboxylic acids is 1. The number of aromatic nitrogens is 3. The molecule has 3 aromatic heterocycles. The highest BCUT2D eigenvalue weighted by Crippen LogP contribution is 2.21. The Kier molecular flexibility index (Phi) is 5.44. The molecule has 0 spiro atoms. The lowest BCUT2D eigenvalue weighted by Crippen LogP contribution is -2.40. The Balaban J connectivity index is 1.64. The molecule has 7 heteroatoms. The van der Waals surface area contributed by atoms with E-state index in [0.29, 0.717) is 36.3 Å². The number of nitrogens with zero attached hydrogens (tertiary/aromatic N) is 3. The van der Waals surface area contributed by atoms with Gasteiger partial charge >= 0.3 is 0 Å². The lowest BCUT2D eigenvalue weighted by molar-refractivity contribution is -0.124. The van der Waals surface area contributed by atoms with E-state index in [0.717, 1.165) is 11.1 Å². The molecule has 0 bridgehead atoms. The molecule has 30 heavy (non-hydrogen) atoms. The molecule has 2 atom stereocenters. The molecule has 4 aromatic rings. The van der Waals surface area contributed by atoms with Crippen LogP contribution in [0.4, 0.5) is 0 Å². The van der Waals surface area contributed by atoms with Crippen LogP contribution in [0.2, 0.25) is 0 Å². The molecular weight excluding hydrogens is 380 g/mol. The highest BCUT2D eigenvalue weighted by atomic mass is 16.3. The van der Waals surface area contributed by atoms with Crippen LogP contribution in [0.15, 0.2) is 57.9 Å². The third-order valence-corrected chi connectivity index (χ3v) is 5.58. The van der Waals surface area contributed by atoms with Gasteiger partial charge in [-0.3, -0.25) is 14.0 Å². The van der Waals surface area contributed by atoms with Gasteiger partial charge in [0.15, 0.2) is 5.58 Å². The maximum Gasteiger partial charge on any atom is 0.291 e. The van der Waals surface area contributed by atoms with Gasteiger partial charge in [-0.2, -0.15) is 5.10 Å². The third kappa shape index (κ3) is 3.40. The summed E-state index contributed by atoms with van der Waals surface area (Å²) < 4.78 is 8.61. The minimum Gasteiger partial charge on any atom is -0.463 e. The Labute approximate surface area is 174 Å². The molecule has 1 aromatic carbocycles. The summed E-state index contributed by atoms with van der Waals surface area (Å²) in [5.41, 5.74) is 2.78. The second-order valence-electron chi connectivity index (χ2n) is 7.54. The number of hydrogen-bond donors (Lipinski definition) is 1. The summed E-state index contributed by atoms with van der Waals surface area (Å²) in [6.07, 6.45) is 2.68. The molecule has 0 aliphatic heterocycles. The summed E-state index contributed by atoms with van der Waals surface area (Å²) in [7, 11) is 0. The van der Waals surface area contributed by atoms with Crippen LogP contribution in [0, 0.1) is 0 Å². The van der Waals surface area contributed by atoms with E-state index in [1.165, 1.54) is 4.68 Å². The first-order valence-electron chi connectivity index (χ1n) is 10.4. The van der Waals surface area contributed by atoms with Crippen molar-refractivity contribution in [3.05, 3.63) is 70.5 Å². The number of fused-ring (bicyclic) bond motifs is 3. The minimum atomic E-state index is -0.669. The fraction of sp³-hybridized carbons (Fsp3) is 0.348. The van der Waals surface area contributed by atoms with Crippen molar-refractivity contribution in [3.8, 4) is 0 Å². The van der Waals surface area contributed by atoms with Crippen LogP contribution in [0.25, 0.3) is 16.6 Å². The lowest BCUT2D eigenvalue weighted by Gasteiger charge is -2.20. The lowest BCUT2D eigenvalue weighted by atomic mass is 10.0. The zero-order chi connectivity index (χ0) is 21.3. The van der Waals surface area contributed by atoms with Gasteiger partial charge in [-0.05, 0) is 17.9 Å². The Morgan fingerprint density at radius 3 is 2.63 bits per heavy atom. The van der Waals surface area contributed by atoms with E-state index in [-0.39, 0.29) is 17.4 Å². The van der Waals surface area contributed by atoms with E-state index < -0.39 is 6.04 Å². The van der Waals surface area contributed by atoms with E-state index in [4.69, 9.17) is 4.42 Å². The zero-order valence-electron chi connectivity index (χ0n) is 17.5. The Morgan fingerprint density at radius 2 is 1.93 bits per heavy atom. The van der Waals surface area contributed by atoms with Crippen molar-refractivity contribution in [2.75, 3.05) is 6.54 Å². The quantitative estimate of drug-likeness (QED) is 0.508. The Morgan fingerprint density at radius 1 is 1.17 bits per heavy atom. The standard InChI is InChI=1S/C23H26N4O3/c1-4-17(22(28)24-14-15(3)16-9-7-6-8-10-16)27-23(29)19-13-20-18(11-12-30-20)26(19)21(5-2)25-27/h6-13,15,17H,4-5,14H2,1-3H3,(H,24,28)/t15-,17+/m1/s1. The fourth-order valence-electron chi connectivity index (χ4n) is 3.87. The van der Waals surface area contributed by atoms with Crippen molar-refractivity contribution in [1.29, 1.82) is 0 Å². The van der Waals surface area contributed by atoms with Crippen molar-refractivity contribution in [2.24, 2.45) is 0 Å². The van der Waals surface area contributed by atoms with Crippen LogP contribution in [-0.2, 0) is 11.2 Å². The number of rotatable bonds is 7. The van der Waals surface area contributed by atoms with Gasteiger partial charge in [0.1, 0.15) is 17.4 Å². The molecule has 0 saturated carbocycles. The van der Waals surface area contributed by atoms with Gasteiger partial charge in [0.25, 0.3) is 5.56 Å². The molecule has 0 unspecified atom stereocenters. The Hall–Kier alpha value is -3.35. The van der Waals surface area contributed by atoms with Crippen molar-refractivity contribution < 1.29 is 9.21 Å². The molecule has 1 N–H and O–H groups in total. The predicted molar refractivity (Wildman–Crippen MR) is 116 cm³/mol. The van der Waals surface area contributed by atoms with Gasteiger partial charge in [-0.25, -0.2) is 4.68 Å². The highest BCUT2D eigenvalue weighted by molar-refractivity contribution is 5.83. The molecule has 0 saturated heterocycles. The smallest absolute Gasteiger partial charge is 0.291 e. The van der Waals surface area contributed by atoms with Gasteiger partial charge in [-0.1, -0.05) is 51.1 Å². The van der Waals surface area contributed by atoms with Crippen LogP contribution in [-0.4, -0.2) is 26.6 Å². The topological polar surface area (TPSA) is 81.5 Å². The van der Waals surface area contributed by atoms with Crippen LogP contribution < -0.4 is 10.9 Å². The minimum absolute atomic E-state index is 0.170. The first-order valence-corrected chi connectivity index (χ1v) is 10.4. The van der Waals surface area contributed by atoms with E-state index in [1.54, 1.807) is 12.3 Å². The number of nitrogens with one attached hydrogen (secondary N) is 1. The maximum atomic E-state index is 13.2. The third-order valence-electron chi connectivity index (χ3n) is 5.58. The second-order valence-corrected chi connectivity index (χ2v) is 7.54. The van der Waals surface area contributed by atoms with Crippen molar-refractivity contribution in [3.63, 3.8) is 0 Å². The predicted octanol–water partition coefficient (Wildman–Crippen LogP) is 3.68. The number of hydrogen-bond acceptors (Lipinski definition) is 4. The normalized spacial score (nSPS) is 13.6. The molecule has 0 aliphatic carbocycles. The zero-order valence-corrected chi connectivity index (χ0v) is 17.5. The van der Waals surface area contributed by atoms with Gasteiger partial charge in [0.2, 0.25) is 5.91 Å². The Bertz CT molecular complexity index is 1240. The van der Waals surface area contributed by atoms with E-state index >= 15 is 0 Å². The SMILES string of the molecule is CCc1nn([C@@H](CC)C(=O)NC[C@@H](C)c2ccccc2)c(=O)c2cc3occc3n12. The van der Waals surface area contributed by atoms with Crippen LogP contribution >= 0.6 is 0 Å². The van der Waals surface area contributed by atoms with Crippen LogP contribution in [0.1, 0.15) is 50.5 Å². The molecule has 0 fully saturated rings. The van der Waals surface area contributed by atoms with Gasteiger partial charge in [0.05, 0.1) is 11.8 Å². The van der Waals surface area contributed by atoms with E-state index in [2.05, 4.69) is 17.3 Å². The van der Waals surface area contributed by atoms with Crippen LogP contribution in [0.5, 0.6) is 0 Å². The summed E-state index contributed by atoms with van der Waals surface area (Å²) in [5.74, 6) is 0.685. The summed E-state index contributed by atoms with van der Waals surface area (Å²) in [6.45, 7) is 6.43. The summed E-state index contributed by atoms with van der Waals surface area (Å²) in [6, 6.07) is 12.9. The number of carbonyl (C=O) groups is 1. The maximum absolute atomic E-state index is 13.2. The average molecular weight is 406 g/mol. The molecule has 0 radical (unpaired) electrons. The summed E-state index contributed by atoms with van der Waals surface area (Å²) >= 11 is 0. The van der Waals surface area contributed by atoms with Crippen molar-refractivity contribution >= 4 is 22.5 Å². The van der Waals surface area contributed by atoms with Crippen LogP contribution in [0.3, 0.4) is 0 Å². The monoisotopic (exact) mass is 406 g/mol. The van der Waals surface area contributed by atoms with Crippen molar-refractivity contribution in [1.82, 2.24) is 19.5 Å². The first kappa shape index (κ1) is 19.9. The van der Waals surface area contributed by atoms with Crippen molar-refractivity contribution in [2.45, 2.75) is 45.6 Å². The molecule has 3 heterocycles. The molecule has 1 amide bonds. The molecule has 7 nitrogen and oxygen atoms in total. The first-order chi connectivity index (χ1) is 14.5. The average Bonchev–Trinajstić information content (AvgIpc) is 3.37. The molecule has 0 aliphatic rings. The number of aryl methyl sites for hydroxylation is 1. The number of amides is 1. The highest BCUT2D eigenvalue weighted by Gasteiger charge is 2.24. The summed E-state index contributed by atoms with van der Waals surface area (Å²) in [5, 5.41) is 7.56. The molecular formula is C23H26N4O3. The van der Waals surface area contributed by atoms with E-state index in [1.807, 2.05) is 54.6 Å². The fourth-order valence-corrected chi connectivity index (χ4v) is 3.87. The second kappa shape index (κ2) is 8.18. The van der Waals surface area contributed by atoms with Gasteiger partial charge in [-0.15, -0.1) is 0 Å². The van der Waals surface area contributed by atoms with Gasteiger partial charge < -0.3 is 9.73 Å². The van der Waals surface area contributed by atoms with Gasteiger partial charge in [0, 0.05) is 25.1 Å². The molecule has 4 rings (SSSR count). The number of benzene rings is 1. The molecule has 156 valence electrons. The van der Waals surface area contributed by atoms with E-state index in [9.17, 15) is 9.59 Å². The summed E-state index contributed by atoms with van der Waals surface area (Å²) in [4.78, 5) is 26.2. The number of furan rings is 1.